The predicted molar refractivity (Wildman–Crippen MR) is 129 cm³/mol. The molecule has 0 radical (unpaired) electrons. The molecule has 0 heterocycles. The molecular weight excluding hydrogens is 460 g/mol. The number of aryl methyl sites for hydroxylation is 1. The van der Waals surface area contributed by atoms with Gasteiger partial charge in [-0.15, -0.1) is 0 Å². The van der Waals surface area contributed by atoms with Gasteiger partial charge in [0.2, 0.25) is 0 Å². The average Bonchev–Trinajstić information content (AvgIpc) is 2.67. The van der Waals surface area contributed by atoms with Crippen LogP contribution in [0, 0.1) is 6.92 Å². The van der Waals surface area contributed by atoms with Gasteiger partial charge < -0.3 is 9.05 Å². The van der Waals surface area contributed by atoms with Crippen molar-refractivity contribution in [1.82, 2.24) is 0 Å². The monoisotopic (exact) mass is 483 g/mol. The highest BCUT2D eigenvalue weighted by atomic mass is 35.5. The lowest BCUT2D eigenvalue weighted by Gasteiger charge is -2.29. The predicted octanol–water partition coefficient (Wildman–Crippen LogP) is 8.19. The average molecular weight is 484 g/mol. The maximum Gasteiger partial charge on any atom is 0.350 e. The standard InChI is InChI=1S/C22H24Cl2NO3PS/c1-4-27-29(26,28-5-2)15-25(30-20-13-18(23)12-19(24)14-20)22-16(3)10-11-17-8-6-7-9-21(17)22/h6-14H,4-5,15H2,1-3H3. The van der Waals surface area contributed by atoms with Gasteiger partial charge in [0, 0.05) is 20.3 Å². The van der Waals surface area contributed by atoms with E-state index in [1.165, 1.54) is 11.9 Å². The third-order valence-corrected chi connectivity index (χ3v) is 7.90. The first kappa shape index (κ1) is 23.5. The number of fused-ring (bicyclic) bond motifs is 1. The first-order valence-corrected chi connectivity index (χ1v) is 12.9. The smallest absolute Gasteiger partial charge is 0.308 e. The first-order chi connectivity index (χ1) is 14.3. The molecule has 0 atom stereocenters. The van der Waals surface area contributed by atoms with Gasteiger partial charge in [0.05, 0.1) is 18.9 Å². The Morgan fingerprint density at radius 3 is 2.23 bits per heavy atom. The lowest BCUT2D eigenvalue weighted by Crippen LogP contribution is -2.19. The largest absolute Gasteiger partial charge is 0.350 e. The lowest BCUT2D eigenvalue weighted by molar-refractivity contribution is 0.221. The van der Waals surface area contributed by atoms with Crippen LogP contribution in [-0.2, 0) is 13.6 Å². The molecule has 0 saturated carbocycles. The van der Waals surface area contributed by atoms with Crippen LogP contribution in [0.2, 0.25) is 10.0 Å². The number of rotatable bonds is 9. The van der Waals surface area contributed by atoms with Crippen molar-refractivity contribution in [2.45, 2.75) is 25.7 Å². The third kappa shape index (κ3) is 5.73. The van der Waals surface area contributed by atoms with Gasteiger partial charge in [0.25, 0.3) is 0 Å². The van der Waals surface area contributed by atoms with E-state index in [4.69, 9.17) is 32.2 Å². The molecule has 0 aliphatic carbocycles. The highest BCUT2D eigenvalue weighted by Gasteiger charge is 2.30. The van der Waals surface area contributed by atoms with E-state index in [1.54, 1.807) is 6.07 Å². The molecule has 3 aromatic carbocycles. The second-order valence-electron chi connectivity index (χ2n) is 6.62. The van der Waals surface area contributed by atoms with E-state index >= 15 is 0 Å². The molecule has 30 heavy (non-hydrogen) atoms. The van der Waals surface area contributed by atoms with Crippen LogP contribution in [0.1, 0.15) is 19.4 Å². The number of nitrogens with zero attached hydrogens (tertiary/aromatic N) is 1. The summed E-state index contributed by atoms with van der Waals surface area (Å²) in [5.41, 5.74) is 2.00. The summed E-state index contributed by atoms with van der Waals surface area (Å²) >= 11 is 13.8. The summed E-state index contributed by atoms with van der Waals surface area (Å²) in [6.45, 7) is 6.25. The minimum Gasteiger partial charge on any atom is -0.308 e. The summed E-state index contributed by atoms with van der Waals surface area (Å²) in [6.07, 6.45) is 0.0817. The summed E-state index contributed by atoms with van der Waals surface area (Å²) in [4.78, 5) is 0.833. The highest BCUT2D eigenvalue weighted by molar-refractivity contribution is 8.01. The molecule has 0 bridgehead atoms. The van der Waals surface area contributed by atoms with E-state index in [0.29, 0.717) is 23.3 Å². The van der Waals surface area contributed by atoms with E-state index < -0.39 is 7.60 Å². The van der Waals surface area contributed by atoms with Gasteiger partial charge >= 0.3 is 7.60 Å². The van der Waals surface area contributed by atoms with Gasteiger partial charge in [-0.2, -0.15) is 0 Å². The van der Waals surface area contributed by atoms with E-state index in [-0.39, 0.29) is 6.29 Å². The van der Waals surface area contributed by atoms with E-state index in [1.807, 2.05) is 49.3 Å². The number of hydrogen-bond donors (Lipinski definition) is 0. The number of benzene rings is 3. The number of anilines is 1. The quantitative estimate of drug-likeness (QED) is 0.226. The fourth-order valence-corrected chi connectivity index (χ4v) is 6.96. The Hall–Kier alpha value is -1.20. The normalized spacial score (nSPS) is 11.8. The molecule has 160 valence electrons. The van der Waals surface area contributed by atoms with Crippen molar-refractivity contribution in [2.24, 2.45) is 0 Å². The second kappa shape index (κ2) is 10.4. The van der Waals surface area contributed by atoms with Crippen LogP contribution in [0.15, 0.2) is 59.5 Å². The summed E-state index contributed by atoms with van der Waals surface area (Å²) in [5, 5.41) is 3.22. The van der Waals surface area contributed by atoms with Crippen molar-refractivity contribution in [3.63, 3.8) is 0 Å². The van der Waals surface area contributed by atoms with Crippen LogP contribution in [0.3, 0.4) is 0 Å². The first-order valence-electron chi connectivity index (χ1n) is 9.63. The summed E-state index contributed by atoms with van der Waals surface area (Å²) in [7, 11) is -3.36. The molecular formula is C22H24Cl2NO3PS. The Balaban J connectivity index is 2.12. The van der Waals surface area contributed by atoms with Crippen LogP contribution < -0.4 is 4.31 Å². The van der Waals surface area contributed by atoms with Crippen LogP contribution >= 0.6 is 42.7 Å². The number of hydrogen-bond acceptors (Lipinski definition) is 5. The zero-order chi connectivity index (χ0) is 21.7. The topological polar surface area (TPSA) is 38.8 Å². The summed E-state index contributed by atoms with van der Waals surface area (Å²) in [5.74, 6) is 0. The van der Waals surface area contributed by atoms with Gasteiger partial charge in [-0.1, -0.05) is 59.6 Å². The molecule has 0 fully saturated rings. The van der Waals surface area contributed by atoms with Crippen molar-refractivity contribution >= 4 is 59.2 Å². The second-order valence-corrected chi connectivity index (χ2v) is 10.6. The van der Waals surface area contributed by atoms with Gasteiger partial charge in [0.15, 0.2) is 0 Å². The third-order valence-electron chi connectivity index (χ3n) is 4.36. The Kier molecular flexibility index (Phi) is 8.14. The van der Waals surface area contributed by atoms with Crippen LogP contribution in [0.25, 0.3) is 10.8 Å². The molecule has 3 aromatic rings. The Morgan fingerprint density at radius 2 is 1.60 bits per heavy atom. The van der Waals surface area contributed by atoms with Gasteiger partial charge in [-0.05, 0) is 61.9 Å². The molecule has 0 unspecified atom stereocenters. The van der Waals surface area contributed by atoms with Crippen molar-refractivity contribution in [3.05, 3.63) is 70.2 Å². The van der Waals surface area contributed by atoms with Crippen molar-refractivity contribution < 1.29 is 13.6 Å². The molecule has 0 saturated heterocycles. The Bertz CT molecular complexity index is 1050. The fraction of sp³-hybridized carbons (Fsp3) is 0.273. The molecule has 0 aromatic heterocycles. The van der Waals surface area contributed by atoms with Gasteiger partial charge in [0.1, 0.15) is 6.29 Å². The lowest BCUT2D eigenvalue weighted by atomic mass is 10.0. The molecule has 0 spiro atoms. The zero-order valence-electron chi connectivity index (χ0n) is 17.1. The highest BCUT2D eigenvalue weighted by Crippen LogP contribution is 2.52. The minimum atomic E-state index is -3.36. The van der Waals surface area contributed by atoms with Crippen LogP contribution in [0.4, 0.5) is 5.69 Å². The SMILES string of the molecule is CCOP(=O)(CN(Sc1cc(Cl)cc(Cl)c1)c1c(C)ccc2ccccc12)OCC. The minimum absolute atomic E-state index is 0.0817. The van der Waals surface area contributed by atoms with E-state index in [0.717, 1.165) is 26.9 Å². The van der Waals surface area contributed by atoms with Gasteiger partial charge in [-0.25, -0.2) is 0 Å². The molecule has 4 nitrogen and oxygen atoms in total. The molecule has 3 rings (SSSR count). The van der Waals surface area contributed by atoms with Crippen molar-refractivity contribution in [1.29, 1.82) is 0 Å². The molecule has 8 heteroatoms. The van der Waals surface area contributed by atoms with Crippen molar-refractivity contribution in [2.75, 3.05) is 23.8 Å². The molecule has 0 aliphatic rings. The fourth-order valence-electron chi connectivity index (χ4n) is 3.22. The summed E-state index contributed by atoms with van der Waals surface area (Å²) < 4.78 is 26.6. The zero-order valence-corrected chi connectivity index (χ0v) is 20.3. The Labute approximate surface area is 192 Å². The van der Waals surface area contributed by atoms with Crippen molar-refractivity contribution in [3.8, 4) is 0 Å². The molecule has 0 aliphatic heterocycles. The summed E-state index contributed by atoms with van der Waals surface area (Å²) in [6, 6.07) is 17.6. The molecule has 0 N–H and O–H groups in total. The van der Waals surface area contributed by atoms with E-state index in [2.05, 4.69) is 24.3 Å². The van der Waals surface area contributed by atoms with Gasteiger partial charge in [-0.3, -0.25) is 8.87 Å². The maximum atomic E-state index is 13.4. The van der Waals surface area contributed by atoms with E-state index in [9.17, 15) is 4.57 Å². The molecule has 0 amide bonds. The van der Waals surface area contributed by atoms with Crippen LogP contribution in [-0.4, -0.2) is 19.5 Å². The van der Waals surface area contributed by atoms with Crippen LogP contribution in [0.5, 0.6) is 0 Å². The Morgan fingerprint density at radius 1 is 0.967 bits per heavy atom. The maximum absolute atomic E-state index is 13.4. The number of halogens is 2.